The van der Waals surface area contributed by atoms with Crippen molar-refractivity contribution in [1.82, 2.24) is 15.1 Å². The smallest absolute Gasteiger partial charge is 0.272 e. The first kappa shape index (κ1) is 16.4. The molecule has 2 aromatic rings. The second-order valence-electron chi connectivity index (χ2n) is 6.16. The number of hydrogen-bond donors (Lipinski definition) is 1. The first-order chi connectivity index (χ1) is 11.6. The Hall–Kier alpha value is -2.50. The highest BCUT2D eigenvalue weighted by Gasteiger charge is 2.35. The highest BCUT2D eigenvalue weighted by molar-refractivity contribution is 5.92. The number of nitrogens with one attached hydrogen (secondary N) is 1. The van der Waals surface area contributed by atoms with E-state index in [2.05, 4.69) is 17.1 Å². The molecule has 1 aliphatic rings. The number of carbonyl (C=O) groups is 1. The number of carbonyl (C=O) groups excluding carboxylic acids is 1. The minimum Gasteiger partial charge on any atom is -0.497 e. The van der Waals surface area contributed by atoms with Crippen LogP contribution in [0.2, 0.25) is 0 Å². The fraction of sp³-hybridized carbons (Fsp3) is 0.444. The average molecular weight is 329 g/mol. The van der Waals surface area contributed by atoms with Crippen molar-refractivity contribution in [2.75, 3.05) is 14.2 Å². The second-order valence-corrected chi connectivity index (χ2v) is 6.16. The van der Waals surface area contributed by atoms with Gasteiger partial charge in [0.1, 0.15) is 17.2 Å². The van der Waals surface area contributed by atoms with Crippen LogP contribution in [-0.4, -0.2) is 41.3 Å². The Bertz CT molecular complexity index is 696. The summed E-state index contributed by atoms with van der Waals surface area (Å²) >= 11 is 0. The molecule has 1 aliphatic carbocycles. The predicted octanol–water partition coefficient (Wildman–Crippen LogP) is 2.87. The molecule has 0 spiro atoms. The van der Waals surface area contributed by atoms with Gasteiger partial charge >= 0.3 is 0 Å². The molecular weight excluding hydrogens is 306 g/mol. The molecule has 128 valence electrons. The van der Waals surface area contributed by atoms with E-state index in [1.165, 1.54) is 12.8 Å². The molecule has 1 atom stereocenters. The molecule has 0 unspecified atom stereocenters. The molecule has 1 aromatic heterocycles. The van der Waals surface area contributed by atoms with E-state index in [-0.39, 0.29) is 11.9 Å². The van der Waals surface area contributed by atoms with Crippen LogP contribution in [0.1, 0.15) is 35.8 Å². The van der Waals surface area contributed by atoms with Gasteiger partial charge in [-0.3, -0.25) is 9.89 Å². The minimum absolute atomic E-state index is 0.0372. The van der Waals surface area contributed by atoms with E-state index in [1.807, 2.05) is 23.1 Å². The molecule has 6 heteroatoms. The second kappa shape index (κ2) is 6.95. The van der Waals surface area contributed by atoms with Crippen LogP contribution >= 0.6 is 0 Å². The lowest BCUT2D eigenvalue weighted by atomic mass is 10.1. The van der Waals surface area contributed by atoms with Crippen LogP contribution in [0.4, 0.5) is 0 Å². The number of nitrogens with zero attached hydrogens (tertiary/aromatic N) is 2. The van der Waals surface area contributed by atoms with Crippen LogP contribution < -0.4 is 9.47 Å². The lowest BCUT2D eigenvalue weighted by Gasteiger charge is -2.29. The highest BCUT2D eigenvalue weighted by atomic mass is 16.5. The Kier molecular flexibility index (Phi) is 4.74. The van der Waals surface area contributed by atoms with Gasteiger partial charge in [-0.1, -0.05) is 0 Å². The van der Waals surface area contributed by atoms with E-state index in [9.17, 15) is 4.79 Å². The summed E-state index contributed by atoms with van der Waals surface area (Å²) in [6.07, 6.45) is 3.95. The number of methoxy groups -OCH3 is 2. The van der Waals surface area contributed by atoms with Gasteiger partial charge in [-0.05, 0) is 43.9 Å². The summed E-state index contributed by atoms with van der Waals surface area (Å²) < 4.78 is 10.7. The third kappa shape index (κ3) is 3.37. The number of rotatable bonds is 7. The van der Waals surface area contributed by atoms with Crippen molar-refractivity contribution in [1.29, 1.82) is 0 Å². The zero-order chi connectivity index (χ0) is 17.1. The summed E-state index contributed by atoms with van der Waals surface area (Å²) in [5.41, 5.74) is 1.47. The molecule has 1 saturated carbocycles. The molecule has 0 bridgehead atoms. The van der Waals surface area contributed by atoms with Gasteiger partial charge in [-0.15, -0.1) is 0 Å². The van der Waals surface area contributed by atoms with E-state index in [1.54, 1.807) is 26.5 Å². The Morgan fingerprint density at radius 1 is 1.33 bits per heavy atom. The fourth-order valence-corrected chi connectivity index (χ4v) is 2.93. The summed E-state index contributed by atoms with van der Waals surface area (Å²) in [6, 6.07) is 7.56. The maximum atomic E-state index is 12.9. The largest absolute Gasteiger partial charge is 0.497 e. The summed E-state index contributed by atoms with van der Waals surface area (Å²) in [5, 5.41) is 6.67. The third-order valence-corrected chi connectivity index (χ3v) is 4.62. The topological polar surface area (TPSA) is 67.5 Å². The number of hydrogen-bond acceptors (Lipinski definition) is 4. The van der Waals surface area contributed by atoms with E-state index < -0.39 is 0 Å². The maximum absolute atomic E-state index is 12.9. The molecule has 3 rings (SSSR count). The molecule has 1 aromatic carbocycles. The van der Waals surface area contributed by atoms with Crippen LogP contribution in [0.3, 0.4) is 0 Å². The maximum Gasteiger partial charge on any atom is 0.272 e. The zero-order valence-corrected chi connectivity index (χ0v) is 14.3. The van der Waals surface area contributed by atoms with Gasteiger partial charge in [0.05, 0.1) is 14.2 Å². The monoisotopic (exact) mass is 329 g/mol. The van der Waals surface area contributed by atoms with Gasteiger partial charge in [0.25, 0.3) is 5.91 Å². The molecular formula is C18H23N3O3. The van der Waals surface area contributed by atoms with Gasteiger partial charge < -0.3 is 14.4 Å². The Balaban J connectivity index is 1.87. The number of aromatic nitrogens is 2. The first-order valence-corrected chi connectivity index (χ1v) is 8.15. The fourth-order valence-electron chi connectivity index (χ4n) is 2.93. The number of aromatic amines is 1. The van der Waals surface area contributed by atoms with E-state index in [4.69, 9.17) is 9.47 Å². The quantitative estimate of drug-likeness (QED) is 0.848. The van der Waals surface area contributed by atoms with E-state index in [0.717, 1.165) is 17.1 Å². The van der Waals surface area contributed by atoms with Crippen LogP contribution in [0.15, 0.2) is 30.5 Å². The van der Waals surface area contributed by atoms with Gasteiger partial charge in [-0.25, -0.2) is 0 Å². The van der Waals surface area contributed by atoms with Gasteiger partial charge in [0, 0.05) is 30.4 Å². The molecule has 24 heavy (non-hydrogen) atoms. The third-order valence-electron chi connectivity index (χ3n) is 4.62. The zero-order valence-electron chi connectivity index (χ0n) is 14.3. The van der Waals surface area contributed by atoms with E-state index >= 15 is 0 Å². The van der Waals surface area contributed by atoms with Crippen molar-refractivity contribution in [2.24, 2.45) is 5.92 Å². The molecule has 0 saturated heterocycles. The summed E-state index contributed by atoms with van der Waals surface area (Å²) in [6.45, 7) is 2.60. The summed E-state index contributed by atoms with van der Waals surface area (Å²) in [5.74, 6) is 1.99. The number of H-pyrrole nitrogens is 1. The highest BCUT2D eigenvalue weighted by Crippen LogP contribution is 2.37. The normalized spacial score (nSPS) is 15.0. The Morgan fingerprint density at radius 2 is 2.12 bits per heavy atom. The van der Waals surface area contributed by atoms with Crippen molar-refractivity contribution in [2.45, 2.75) is 32.4 Å². The summed E-state index contributed by atoms with van der Waals surface area (Å²) in [4.78, 5) is 14.8. The first-order valence-electron chi connectivity index (χ1n) is 8.15. The lowest BCUT2D eigenvalue weighted by Crippen LogP contribution is -2.39. The van der Waals surface area contributed by atoms with Crippen molar-refractivity contribution >= 4 is 5.91 Å². The molecule has 1 fully saturated rings. The van der Waals surface area contributed by atoms with Gasteiger partial charge in [0.15, 0.2) is 0 Å². The molecule has 6 nitrogen and oxygen atoms in total. The number of amides is 1. The van der Waals surface area contributed by atoms with Crippen LogP contribution in [-0.2, 0) is 6.54 Å². The average Bonchev–Trinajstić information content (AvgIpc) is 3.32. The Labute approximate surface area is 141 Å². The lowest BCUT2D eigenvalue weighted by molar-refractivity contribution is 0.0646. The predicted molar refractivity (Wildman–Crippen MR) is 90.2 cm³/mol. The van der Waals surface area contributed by atoms with Crippen molar-refractivity contribution < 1.29 is 14.3 Å². The van der Waals surface area contributed by atoms with E-state index in [0.29, 0.717) is 18.2 Å². The molecule has 0 aliphatic heterocycles. The molecule has 1 amide bonds. The summed E-state index contributed by atoms with van der Waals surface area (Å²) in [7, 11) is 3.25. The molecule has 1 N–H and O–H groups in total. The molecule has 0 radical (unpaired) electrons. The SMILES string of the molecule is COc1ccc(CN(C(=O)c2ccn[nH]2)[C@@H](C)C2CC2)c(OC)c1. The van der Waals surface area contributed by atoms with Crippen molar-refractivity contribution in [3.05, 3.63) is 41.7 Å². The number of benzene rings is 1. The van der Waals surface area contributed by atoms with Crippen LogP contribution in [0.5, 0.6) is 11.5 Å². The van der Waals surface area contributed by atoms with Crippen molar-refractivity contribution in [3.63, 3.8) is 0 Å². The standard InChI is InChI=1S/C18H23N3O3/c1-12(13-4-5-13)21(18(22)16-8-9-19-20-16)11-14-6-7-15(23-2)10-17(14)24-3/h6-10,12-13H,4-5,11H2,1-3H3,(H,19,20)/t12-/m0/s1. The molecule has 1 heterocycles. The van der Waals surface area contributed by atoms with Gasteiger partial charge in [0.2, 0.25) is 0 Å². The van der Waals surface area contributed by atoms with Crippen LogP contribution in [0, 0.1) is 5.92 Å². The number of ether oxygens (including phenoxy) is 2. The van der Waals surface area contributed by atoms with Crippen LogP contribution in [0.25, 0.3) is 0 Å². The minimum atomic E-state index is -0.0372. The van der Waals surface area contributed by atoms with Crippen molar-refractivity contribution in [3.8, 4) is 11.5 Å². The Morgan fingerprint density at radius 3 is 2.71 bits per heavy atom. The van der Waals surface area contributed by atoms with Gasteiger partial charge in [-0.2, -0.15) is 5.10 Å².